The Bertz CT molecular complexity index is 1230. The zero-order valence-corrected chi connectivity index (χ0v) is 21.5. The van der Waals surface area contributed by atoms with Crippen LogP contribution in [0.1, 0.15) is 33.5 Å². The Balaban J connectivity index is 1.45. The number of aryl methyl sites for hydroxylation is 2. The first-order valence-electron chi connectivity index (χ1n) is 11.1. The summed E-state index contributed by atoms with van der Waals surface area (Å²) in [5.74, 6) is 0.842. The normalized spacial score (nSPS) is 15.1. The van der Waals surface area contributed by atoms with Crippen LogP contribution in [-0.2, 0) is 16.4 Å². The molecule has 2 heterocycles. The monoisotopic (exact) mass is 485 g/mol. The number of hydrogen-bond donors (Lipinski definition) is 0. The van der Waals surface area contributed by atoms with Gasteiger partial charge in [-0.05, 0) is 67.6 Å². The highest BCUT2D eigenvalue weighted by Gasteiger charge is 2.32. The number of sulfonamides is 1. The first-order valence-corrected chi connectivity index (χ1v) is 13.4. The van der Waals surface area contributed by atoms with Crippen molar-refractivity contribution in [2.24, 2.45) is 0 Å². The Morgan fingerprint density at radius 3 is 2.30 bits per heavy atom. The molecule has 1 saturated heterocycles. The minimum absolute atomic E-state index is 0.457. The van der Waals surface area contributed by atoms with E-state index < -0.39 is 10.0 Å². The number of aromatic nitrogens is 1. The van der Waals surface area contributed by atoms with Crippen molar-refractivity contribution in [3.05, 3.63) is 69.2 Å². The van der Waals surface area contributed by atoms with Crippen molar-refractivity contribution in [2.75, 3.05) is 38.2 Å². The van der Waals surface area contributed by atoms with Crippen LogP contribution in [-0.4, -0.2) is 51.0 Å². The SMILES string of the molecule is COc1cccc(Cc2csc(N3CCN(S(=O)(=O)c4c(C)c(C)cc(C)c4C)CC3)n2)c1. The molecule has 176 valence electrons. The van der Waals surface area contributed by atoms with Crippen molar-refractivity contribution in [3.8, 4) is 5.75 Å². The van der Waals surface area contributed by atoms with Crippen LogP contribution in [0.25, 0.3) is 0 Å². The lowest BCUT2D eigenvalue weighted by atomic mass is 10.0. The van der Waals surface area contributed by atoms with Gasteiger partial charge in [-0.3, -0.25) is 0 Å². The van der Waals surface area contributed by atoms with E-state index in [-0.39, 0.29) is 0 Å². The lowest BCUT2D eigenvalue weighted by Gasteiger charge is -2.34. The number of rotatable bonds is 6. The Morgan fingerprint density at radius 1 is 1.00 bits per heavy atom. The maximum Gasteiger partial charge on any atom is 0.243 e. The molecular formula is C25H31N3O3S2. The van der Waals surface area contributed by atoms with Gasteiger partial charge in [0.05, 0.1) is 17.7 Å². The van der Waals surface area contributed by atoms with Gasteiger partial charge in [-0.15, -0.1) is 11.3 Å². The van der Waals surface area contributed by atoms with Crippen molar-refractivity contribution in [3.63, 3.8) is 0 Å². The fraction of sp³-hybridized carbons (Fsp3) is 0.400. The first kappa shape index (κ1) is 23.7. The summed E-state index contributed by atoms with van der Waals surface area (Å²) in [6, 6.07) is 10.1. The molecule has 1 aliphatic heterocycles. The third-order valence-corrected chi connectivity index (χ3v) is 9.59. The van der Waals surface area contributed by atoms with E-state index in [1.807, 2.05) is 45.9 Å². The molecule has 0 atom stereocenters. The minimum atomic E-state index is -3.54. The zero-order valence-electron chi connectivity index (χ0n) is 19.9. The highest BCUT2D eigenvalue weighted by molar-refractivity contribution is 7.89. The van der Waals surface area contributed by atoms with E-state index in [2.05, 4.69) is 22.4 Å². The molecule has 0 bridgehead atoms. The maximum absolute atomic E-state index is 13.5. The first-order chi connectivity index (χ1) is 15.7. The van der Waals surface area contributed by atoms with Gasteiger partial charge in [0.2, 0.25) is 10.0 Å². The summed E-state index contributed by atoms with van der Waals surface area (Å²) < 4.78 is 34.0. The molecule has 0 spiro atoms. The number of ether oxygens (including phenoxy) is 1. The second-order valence-corrected chi connectivity index (χ2v) is 11.3. The summed E-state index contributed by atoms with van der Waals surface area (Å²) in [4.78, 5) is 7.48. The van der Waals surface area contributed by atoms with Crippen molar-refractivity contribution in [2.45, 2.75) is 39.0 Å². The van der Waals surface area contributed by atoms with Crippen molar-refractivity contribution < 1.29 is 13.2 Å². The molecule has 33 heavy (non-hydrogen) atoms. The molecule has 6 nitrogen and oxygen atoms in total. The molecule has 1 aromatic heterocycles. The number of hydrogen-bond acceptors (Lipinski definition) is 6. The van der Waals surface area contributed by atoms with Crippen LogP contribution in [0.2, 0.25) is 0 Å². The zero-order chi connectivity index (χ0) is 23.8. The third kappa shape index (κ3) is 4.78. The average molecular weight is 486 g/mol. The van der Waals surface area contributed by atoms with Gasteiger partial charge in [0.25, 0.3) is 0 Å². The summed E-state index contributed by atoms with van der Waals surface area (Å²) in [6.07, 6.45) is 0.743. The second-order valence-electron chi connectivity index (χ2n) is 8.63. The molecule has 0 saturated carbocycles. The summed E-state index contributed by atoms with van der Waals surface area (Å²) >= 11 is 1.61. The molecule has 0 radical (unpaired) electrons. The largest absolute Gasteiger partial charge is 0.497 e. The fourth-order valence-corrected chi connectivity index (χ4v) is 7.21. The summed E-state index contributed by atoms with van der Waals surface area (Å²) in [7, 11) is -1.87. The van der Waals surface area contributed by atoms with E-state index in [0.717, 1.165) is 50.8 Å². The fourth-order valence-electron chi connectivity index (χ4n) is 4.33. The summed E-state index contributed by atoms with van der Waals surface area (Å²) in [5.41, 5.74) is 5.90. The van der Waals surface area contributed by atoms with E-state index in [4.69, 9.17) is 9.72 Å². The second kappa shape index (κ2) is 9.44. The Kier molecular flexibility index (Phi) is 6.79. The van der Waals surface area contributed by atoms with Crippen LogP contribution in [0.15, 0.2) is 40.6 Å². The predicted molar refractivity (Wildman–Crippen MR) is 134 cm³/mol. The molecule has 4 rings (SSSR count). The quantitative estimate of drug-likeness (QED) is 0.515. The van der Waals surface area contributed by atoms with Crippen molar-refractivity contribution in [1.82, 2.24) is 9.29 Å². The van der Waals surface area contributed by atoms with E-state index >= 15 is 0 Å². The summed E-state index contributed by atoms with van der Waals surface area (Å²) in [5, 5.41) is 3.03. The van der Waals surface area contributed by atoms with Gasteiger partial charge in [0.15, 0.2) is 5.13 Å². The van der Waals surface area contributed by atoms with Gasteiger partial charge in [0.1, 0.15) is 5.75 Å². The highest BCUT2D eigenvalue weighted by Crippen LogP contribution is 2.30. The Morgan fingerprint density at radius 2 is 1.67 bits per heavy atom. The number of piperazine rings is 1. The number of thiazole rings is 1. The molecule has 3 aromatic rings. The Hall–Kier alpha value is -2.42. The van der Waals surface area contributed by atoms with E-state index in [1.165, 1.54) is 0 Å². The number of methoxy groups -OCH3 is 1. The van der Waals surface area contributed by atoms with E-state index in [9.17, 15) is 8.42 Å². The van der Waals surface area contributed by atoms with Crippen LogP contribution in [0.4, 0.5) is 5.13 Å². The van der Waals surface area contributed by atoms with Gasteiger partial charge >= 0.3 is 0 Å². The molecular weight excluding hydrogens is 454 g/mol. The Labute approximate surface area is 200 Å². The third-order valence-electron chi connectivity index (χ3n) is 6.46. The molecule has 1 fully saturated rings. The van der Waals surface area contributed by atoms with Crippen LogP contribution in [0.3, 0.4) is 0 Å². The van der Waals surface area contributed by atoms with Gasteiger partial charge in [-0.25, -0.2) is 13.4 Å². The van der Waals surface area contributed by atoms with Gasteiger partial charge in [-0.2, -0.15) is 4.31 Å². The van der Waals surface area contributed by atoms with Crippen LogP contribution in [0.5, 0.6) is 5.75 Å². The van der Waals surface area contributed by atoms with E-state index in [1.54, 1.807) is 22.8 Å². The molecule has 2 aromatic carbocycles. The van der Waals surface area contributed by atoms with Crippen LogP contribution < -0.4 is 9.64 Å². The smallest absolute Gasteiger partial charge is 0.243 e. The topological polar surface area (TPSA) is 62.7 Å². The molecule has 0 amide bonds. The molecule has 1 aliphatic rings. The number of benzene rings is 2. The average Bonchev–Trinajstić information content (AvgIpc) is 3.26. The van der Waals surface area contributed by atoms with Gasteiger partial charge < -0.3 is 9.64 Å². The highest BCUT2D eigenvalue weighted by atomic mass is 32.2. The number of anilines is 1. The lowest BCUT2D eigenvalue weighted by molar-refractivity contribution is 0.384. The van der Waals surface area contributed by atoms with Crippen molar-refractivity contribution in [1.29, 1.82) is 0 Å². The molecule has 0 unspecified atom stereocenters. The summed E-state index contributed by atoms with van der Waals surface area (Å²) in [6.45, 7) is 9.95. The molecule has 0 N–H and O–H groups in total. The number of nitrogens with zero attached hydrogens (tertiary/aromatic N) is 3. The van der Waals surface area contributed by atoms with Crippen LogP contribution >= 0.6 is 11.3 Å². The standard InChI is InChI=1S/C25H31N3O3S2/c1-17-13-18(2)20(4)24(19(17)3)33(29,30)28-11-9-27(10-12-28)25-26-22(16-32-25)14-21-7-6-8-23(15-21)31-5/h6-8,13,15-16H,9-12,14H2,1-5H3. The molecule has 0 aliphatic carbocycles. The van der Waals surface area contributed by atoms with Gasteiger partial charge in [-0.1, -0.05) is 18.2 Å². The maximum atomic E-state index is 13.5. The van der Waals surface area contributed by atoms with Gasteiger partial charge in [0, 0.05) is 38.0 Å². The van der Waals surface area contributed by atoms with Crippen LogP contribution in [0, 0.1) is 27.7 Å². The minimum Gasteiger partial charge on any atom is -0.497 e. The van der Waals surface area contributed by atoms with E-state index in [0.29, 0.717) is 31.1 Å². The van der Waals surface area contributed by atoms with Crippen molar-refractivity contribution >= 4 is 26.5 Å². The predicted octanol–water partition coefficient (Wildman–Crippen LogP) is 4.49. The molecule has 8 heteroatoms. The lowest BCUT2D eigenvalue weighted by Crippen LogP contribution is -2.49.